The molecule has 3 fully saturated rings. The van der Waals surface area contributed by atoms with E-state index < -0.39 is 0 Å². The lowest BCUT2D eigenvalue weighted by Gasteiger charge is -2.41. The number of ether oxygens (including phenoxy) is 1. The summed E-state index contributed by atoms with van der Waals surface area (Å²) in [6.07, 6.45) is 8.87. The Balaban J connectivity index is 1.04. The first-order valence-corrected chi connectivity index (χ1v) is 22.4. The highest BCUT2D eigenvalue weighted by molar-refractivity contribution is 6.10. The molecule has 4 heterocycles. The SMILES string of the molecule is CCCCCCN(CC)c1cc(C(C)NC(=O)c2ccc(N3CCOCC3)cc2)nc(C#CCN2CCC(N3CCC(Nc4cccc(C(C)=O)c4C(C)=O)CC3)CC2)n1. The minimum atomic E-state index is -0.340. The number of carbonyl (C=O) groups is 3. The maximum Gasteiger partial charge on any atom is 0.251 e. The molecule has 1 amide bonds. The molecular formula is C48H66N8O4. The van der Waals surface area contributed by atoms with Crippen molar-refractivity contribution in [2.45, 2.75) is 104 Å². The van der Waals surface area contributed by atoms with E-state index in [0.29, 0.717) is 48.3 Å². The summed E-state index contributed by atoms with van der Waals surface area (Å²) in [7, 11) is 0. The lowest BCUT2D eigenvalue weighted by atomic mass is 9.96. The number of piperidine rings is 2. The molecule has 0 spiro atoms. The lowest BCUT2D eigenvalue weighted by Crippen LogP contribution is -2.49. The molecule has 3 aliphatic rings. The molecule has 1 aromatic heterocycles. The largest absolute Gasteiger partial charge is 0.382 e. The van der Waals surface area contributed by atoms with Gasteiger partial charge in [0.15, 0.2) is 11.6 Å². The van der Waals surface area contributed by atoms with Crippen molar-refractivity contribution < 1.29 is 19.1 Å². The number of aromatic nitrogens is 2. The zero-order valence-electron chi connectivity index (χ0n) is 36.6. The van der Waals surface area contributed by atoms with Gasteiger partial charge in [-0.2, -0.15) is 0 Å². The summed E-state index contributed by atoms with van der Waals surface area (Å²) in [5.41, 5.74) is 4.22. The van der Waals surface area contributed by atoms with Gasteiger partial charge in [-0.15, -0.1) is 0 Å². The summed E-state index contributed by atoms with van der Waals surface area (Å²) in [4.78, 5) is 57.6. The molecule has 3 aromatic rings. The van der Waals surface area contributed by atoms with Gasteiger partial charge in [-0.3, -0.25) is 19.3 Å². The van der Waals surface area contributed by atoms with Crippen LogP contribution in [-0.2, 0) is 4.74 Å². The van der Waals surface area contributed by atoms with Gasteiger partial charge in [0.1, 0.15) is 5.82 Å². The number of unbranched alkanes of at least 4 members (excludes halogenated alkanes) is 3. The van der Waals surface area contributed by atoms with Gasteiger partial charge >= 0.3 is 0 Å². The van der Waals surface area contributed by atoms with Crippen LogP contribution in [0.4, 0.5) is 17.2 Å². The predicted octanol–water partition coefficient (Wildman–Crippen LogP) is 7.01. The molecular weight excluding hydrogens is 753 g/mol. The Bertz CT molecular complexity index is 1950. The summed E-state index contributed by atoms with van der Waals surface area (Å²) in [6, 6.07) is 15.8. The smallest absolute Gasteiger partial charge is 0.251 e. The Morgan fingerprint density at radius 2 is 1.62 bits per heavy atom. The van der Waals surface area contributed by atoms with E-state index >= 15 is 0 Å². The molecule has 1 unspecified atom stereocenters. The number of likely N-dealkylation sites (tertiary alicyclic amines) is 2. The predicted molar refractivity (Wildman–Crippen MR) is 240 cm³/mol. The van der Waals surface area contributed by atoms with Crippen molar-refractivity contribution in [3.8, 4) is 11.8 Å². The Kier molecular flexibility index (Phi) is 16.5. The highest BCUT2D eigenvalue weighted by Crippen LogP contribution is 2.27. The molecule has 12 heteroatoms. The van der Waals surface area contributed by atoms with E-state index in [-0.39, 0.29) is 29.6 Å². The number of benzene rings is 2. The van der Waals surface area contributed by atoms with Crippen LogP contribution in [0.1, 0.15) is 135 Å². The third-order valence-electron chi connectivity index (χ3n) is 12.3. The molecule has 1 atom stereocenters. The van der Waals surface area contributed by atoms with Crippen LogP contribution in [0.2, 0.25) is 0 Å². The monoisotopic (exact) mass is 819 g/mol. The number of amides is 1. The minimum Gasteiger partial charge on any atom is -0.382 e. The summed E-state index contributed by atoms with van der Waals surface area (Å²) in [6.45, 7) is 18.9. The fourth-order valence-electron chi connectivity index (χ4n) is 8.70. The topological polar surface area (TPSA) is 123 Å². The van der Waals surface area contributed by atoms with Gasteiger partial charge in [0.2, 0.25) is 5.82 Å². The molecule has 3 saturated heterocycles. The first-order valence-electron chi connectivity index (χ1n) is 22.4. The summed E-state index contributed by atoms with van der Waals surface area (Å²) in [5, 5.41) is 6.77. The second kappa shape index (κ2) is 22.1. The van der Waals surface area contributed by atoms with E-state index in [9.17, 15) is 14.4 Å². The van der Waals surface area contributed by atoms with Gasteiger partial charge in [-0.1, -0.05) is 44.2 Å². The maximum atomic E-state index is 13.4. The number of hydrogen-bond donors (Lipinski definition) is 2. The van der Waals surface area contributed by atoms with Crippen molar-refractivity contribution in [2.24, 2.45) is 0 Å². The lowest BCUT2D eigenvalue weighted by molar-refractivity contribution is 0.0937. The first kappa shape index (κ1) is 44.7. The third kappa shape index (κ3) is 12.1. The van der Waals surface area contributed by atoms with Crippen LogP contribution in [0.15, 0.2) is 48.5 Å². The van der Waals surface area contributed by atoms with Crippen molar-refractivity contribution in [2.75, 3.05) is 87.2 Å². The molecule has 0 saturated carbocycles. The van der Waals surface area contributed by atoms with E-state index in [1.165, 1.54) is 33.1 Å². The van der Waals surface area contributed by atoms with E-state index in [1.54, 1.807) is 6.07 Å². The summed E-state index contributed by atoms with van der Waals surface area (Å²) in [5.74, 6) is 7.72. The number of morpholine rings is 1. The number of ketones is 2. The Morgan fingerprint density at radius 1 is 0.883 bits per heavy atom. The van der Waals surface area contributed by atoms with E-state index in [4.69, 9.17) is 14.7 Å². The van der Waals surface area contributed by atoms with Gasteiger partial charge in [0.25, 0.3) is 5.91 Å². The standard InChI is InChI=1S/C48H66N8O4/c1-6-8-9-10-25-54(7-2)46-34-44(35(3)49-48(59)38-16-18-40(19-17-38)56-30-32-60-33-31-56)51-45(52-46)15-12-24-53-26-22-41(23-27-53)55-28-20-39(21-29-55)50-43-14-11-13-42(36(4)57)47(43)37(5)58/h11,13-14,16-19,34-35,39,41,50H,6-10,20-33H2,1-5H3,(H,49,59). The van der Waals surface area contributed by atoms with Gasteiger partial charge in [0, 0.05) is 93.0 Å². The van der Waals surface area contributed by atoms with Gasteiger partial charge in [0.05, 0.1) is 37.1 Å². The van der Waals surface area contributed by atoms with Crippen LogP contribution in [0.3, 0.4) is 0 Å². The average Bonchev–Trinajstić information content (AvgIpc) is 3.27. The van der Waals surface area contributed by atoms with E-state index in [1.807, 2.05) is 49.4 Å². The second-order valence-corrected chi connectivity index (χ2v) is 16.6. The highest BCUT2D eigenvalue weighted by Gasteiger charge is 2.29. The van der Waals surface area contributed by atoms with Crippen molar-refractivity contribution in [1.29, 1.82) is 0 Å². The molecule has 6 rings (SSSR count). The fraction of sp³-hybridized carbons (Fsp3) is 0.562. The Morgan fingerprint density at radius 3 is 2.28 bits per heavy atom. The molecule has 12 nitrogen and oxygen atoms in total. The zero-order chi connectivity index (χ0) is 42.4. The second-order valence-electron chi connectivity index (χ2n) is 16.6. The molecule has 0 radical (unpaired) electrons. The molecule has 60 heavy (non-hydrogen) atoms. The molecule has 322 valence electrons. The average molecular weight is 819 g/mol. The number of Topliss-reactive ketones (excluding diaryl/α,β-unsaturated/α-hetero) is 2. The van der Waals surface area contributed by atoms with Crippen LogP contribution >= 0.6 is 0 Å². The van der Waals surface area contributed by atoms with Gasteiger partial charge < -0.3 is 30.1 Å². The van der Waals surface area contributed by atoms with Crippen LogP contribution in [0, 0.1) is 11.8 Å². The van der Waals surface area contributed by atoms with Gasteiger partial charge in [-0.05, 0) is 96.1 Å². The number of nitrogens with one attached hydrogen (secondary N) is 2. The summed E-state index contributed by atoms with van der Waals surface area (Å²) >= 11 is 0. The maximum absolute atomic E-state index is 13.4. The van der Waals surface area contributed by atoms with E-state index in [0.717, 1.165) is 107 Å². The number of anilines is 3. The zero-order valence-corrected chi connectivity index (χ0v) is 36.6. The van der Waals surface area contributed by atoms with Crippen molar-refractivity contribution in [3.05, 3.63) is 76.7 Å². The molecule has 0 aliphatic carbocycles. The third-order valence-corrected chi connectivity index (χ3v) is 12.3. The van der Waals surface area contributed by atoms with Crippen molar-refractivity contribution in [1.82, 2.24) is 25.1 Å². The van der Waals surface area contributed by atoms with Gasteiger partial charge in [-0.25, -0.2) is 9.97 Å². The molecule has 2 N–H and O–H groups in total. The van der Waals surface area contributed by atoms with Crippen molar-refractivity contribution >= 4 is 34.7 Å². The molecule has 3 aliphatic heterocycles. The number of hydrogen-bond acceptors (Lipinski definition) is 11. The highest BCUT2D eigenvalue weighted by atomic mass is 16.5. The first-order chi connectivity index (χ1) is 29.1. The van der Waals surface area contributed by atoms with E-state index in [2.05, 4.69) is 55.9 Å². The normalized spacial score (nSPS) is 17.4. The molecule has 2 aromatic carbocycles. The number of rotatable bonds is 17. The Labute approximate surface area is 357 Å². The minimum absolute atomic E-state index is 0.0861. The van der Waals surface area contributed by atoms with Crippen molar-refractivity contribution in [3.63, 3.8) is 0 Å². The number of carbonyl (C=O) groups excluding carboxylic acids is 3. The fourth-order valence-corrected chi connectivity index (χ4v) is 8.70. The quantitative estimate of drug-likeness (QED) is 0.0832. The number of nitrogens with zero attached hydrogens (tertiary/aromatic N) is 6. The van der Waals surface area contributed by atoms with Crippen LogP contribution in [0.25, 0.3) is 0 Å². The molecule has 0 bridgehead atoms. The summed E-state index contributed by atoms with van der Waals surface area (Å²) < 4.78 is 5.49. The Hall–Kier alpha value is -4.83. The van der Waals surface area contributed by atoms with Crippen LogP contribution < -0.4 is 20.4 Å². The van der Waals surface area contributed by atoms with Crippen LogP contribution in [0.5, 0.6) is 0 Å². The van der Waals surface area contributed by atoms with Crippen LogP contribution in [-0.4, -0.2) is 121 Å².